The van der Waals surface area contributed by atoms with Crippen LogP contribution in [-0.2, 0) is 4.79 Å². The van der Waals surface area contributed by atoms with Crippen molar-refractivity contribution in [2.75, 3.05) is 31.1 Å². The van der Waals surface area contributed by atoms with E-state index in [-0.39, 0.29) is 5.92 Å². The Bertz CT molecular complexity index is 1020. The molecule has 0 saturated carbocycles. The van der Waals surface area contributed by atoms with Gasteiger partial charge in [-0.25, -0.2) is 9.97 Å². The molecule has 0 bridgehead atoms. The largest absolute Gasteiger partial charge is 0.348 e. The maximum Gasteiger partial charge on any atom is 0.225 e. The molecule has 0 N–H and O–H groups in total. The van der Waals surface area contributed by atoms with E-state index in [0.29, 0.717) is 5.91 Å². The zero-order valence-corrected chi connectivity index (χ0v) is 18.3. The molecule has 0 spiro atoms. The Morgan fingerprint density at radius 2 is 1.67 bits per heavy atom. The molecule has 4 heterocycles. The van der Waals surface area contributed by atoms with Gasteiger partial charge in [-0.05, 0) is 43.7 Å². The van der Waals surface area contributed by atoms with E-state index < -0.39 is 0 Å². The molecule has 3 aromatic rings. The number of nitrogens with zero attached hydrogens (tertiary/aromatic N) is 4. The highest BCUT2D eigenvalue weighted by molar-refractivity contribution is 7.21. The second kappa shape index (κ2) is 8.34. The van der Waals surface area contributed by atoms with Crippen molar-refractivity contribution in [3.05, 3.63) is 42.5 Å². The van der Waals surface area contributed by atoms with E-state index in [1.165, 1.54) is 0 Å². The quantitative estimate of drug-likeness (QED) is 0.609. The highest BCUT2D eigenvalue weighted by Gasteiger charge is 2.31. The highest BCUT2D eigenvalue weighted by atomic mass is 32.1. The number of carbonyl (C=O) groups is 1. The Labute approximate surface area is 181 Å². The van der Waals surface area contributed by atoms with E-state index in [1.807, 2.05) is 24.3 Å². The second-order valence-corrected chi connectivity index (χ2v) is 9.61. The van der Waals surface area contributed by atoms with E-state index in [0.717, 1.165) is 84.5 Å². The predicted molar refractivity (Wildman–Crippen MR) is 123 cm³/mol. The Kier molecular flexibility index (Phi) is 5.42. The molecule has 0 atom stereocenters. The molecule has 30 heavy (non-hydrogen) atoms. The average molecular weight is 421 g/mol. The monoisotopic (exact) mass is 420 g/mol. The van der Waals surface area contributed by atoms with Gasteiger partial charge in [0.25, 0.3) is 0 Å². The van der Waals surface area contributed by atoms with Crippen molar-refractivity contribution < 1.29 is 4.79 Å². The van der Waals surface area contributed by atoms with Gasteiger partial charge in [0.1, 0.15) is 10.3 Å². The molecule has 2 aromatic heterocycles. The molecule has 2 aliphatic heterocycles. The Morgan fingerprint density at radius 1 is 0.933 bits per heavy atom. The number of thiazole rings is 1. The summed E-state index contributed by atoms with van der Waals surface area (Å²) in [6, 6.07) is 14.4. The number of hydrogen-bond donors (Lipinski definition) is 0. The third kappa shape index (κ3) is 3.93. The van der Waals surface area contributed by atoms with Crippen molar-refractivity contribution in [1.82, 2.24) is 14.9 Å². The van der Waals surface area contributed by atoms with Gasteiger partial charge < -0.3 is 9.80 Å². The van der Waals surface area contributed by atoms with Gasteiger partial charge in [0.2, 0.25) is 5.91 Å². The van der Waals surface area contributed by atoms with Crippen LogP contribution < -0.4 is 4.90 Å². The van der Waals surface area contributed by atoms with Gasteiger partial charge in [0.15, 0.2) is 5.13 Å². The number of pyridine rings is 1. The van der Waals surface area contributed by atoms with Gasteiger partial charge in [-0.3, -0.25) is 4.79 Å². The third-order valence-corrected chi connectivity index (χ3v) is 7.55. The maximum atomic E-state index is 12.9. The number of carbonyl (C=O) groups excluding carboxylic acids is 1. The minimum Gasteiger partial charge on any atom is -0.348 e. The fourth-order valence-corrected chi connectivity index (χ4v) is 5.51. The van der Waals surface area contributed by atoms with Gasteiger partial charge in [-0.15, -0.1) is 0 Å². The summed E-state index contributed by atoms with van der Waals surface area (Å²) in [5, 5.41) is 1.03. The Morgan fingerprint density at radius 3 is 2.40 bits per heavy atom. The first kappa shape index (κ1) is 19.5. The van der Waals surface area contributed by atoms with E-state index >= 15 is 0 Å². The summed E-state index contributed by atoms with van der Waals surface area (Å²) >= 11 is 1.66. The van der Waals surface area contributed by atoms with Crippen LogP contribution in [0, 0.1) is 11.8 Å². The van der Waals surface area contributed by atoms with E-state index in [9.17, 15) is 4.79 Å². The molecule has 2 saturated heterocycles. The van der Waals surface area contributed by atoms with Crippen LogP contribution >= 0.6 is 11.3 Å². The summed E-state index contributed by atoms with van der Waals surface area (Å²) in [7, 11) is 0. The summed E-state index contributed by atoms with van der Waals surface area (Å²) in [5.41, 5.74) is 3.06. The fourth-order valence-electron chi connectivity index (χ4n) is 4.52. The number of anilines is 1. The van der Waals surface area contributed by atoms with E-state index in [4.69, 9.17) is 9.97 Å². The lowest BCUT2D eigenvalue weighted by atomic mass is 9.93. The maximum absolute atomic E-state index is 12.9. The number of piperidine rings is 2. The van der Waals surface area contributed by atoms with Crippen LogP contribution in [0.15, 0.2) is 42.5 Å². The molecule has 5 rings (SSSR count). The van der Waals surface area contributed by atoms with Crippen molar-refractivity contribution in [2.24, 2.45) is 11.8 Å². The number of rotatable bonds is 3. The average Bonchev–Trinajstić information content (AvgIpc) is 3.23. The lowest BCUT2D eigenvalue weighted by Gasteiger charge is -2.36. The molecule has 2 fully saturated rings. The smallest absolute Gasteiger partial charge is 0.225 e. The number of amides is 1. The van der Waals surface area contributed by atoms with Crippen LogP contribution in [0.1, 0.15) is 32.6 Å². The molecule has 0 unspecified atom stereocenters. The number of hydrogen-bond acceptors (Lipinski definition) is 5. The first-order valence-electron chi connectivity index (χ1n) is 11.0. The van der Waals surface area contributed by atoms with Crippen LogP contribution in [0.25, 0.3) is 21.6 Å². The van der Waals surface area contributed by atoms with Gasteiger partial charge in [0, 0.05) is 37.7 Å². The molecular weight excluding hydrogens is 392 g/mol. The van der Waals surface area contributed by atoms with Crippen LogP contribution in [0.2, 0.25) is 0 Å². The minimum atomic E-state index is 0.173. The minimum absolute atomic E-state index is 0.173. The van der Waals surface area contributed by atoms with Crippen molar-refractivity contribution in [3.63, 3.8) is 0 Å². The van der Waals surface area contributed by atoms with E-state index in [1.54, 1.807) is 11.3 Å². The summed E-state index contributed by atoms with van der Waals surface area (Å²) < 4.78 is 0. The standard InChI is InChI=1S/C24H28N4OS/c1-17-9-13-27(14-10-17)23(29)19-11-15-28(16-12-19)24-26-21-8-7-20(25-22(21)30-24)18-5-3-2-4-6-18/h2-8,17,19H,9-16H2,1H3. The van der Waals surface area contributed by atoms with Gasteiger partial charge in [0.05, 0.1) is 5.69 Å². The molecule has 156 valence electrons. The zero-order chi connectivity index (χ0) is 20.5. The number of benzene rings is 1. The van der Waals surface area contributed by atoms with Crippen LogP contribution in [0.5, 0.6) is 0 Å². The summed E-state index contributed by atoms with van der Waals surface area (Å²) in [6.45, 7) is 5.95. The summed E-state index contributed by atoms with van der Waals surface area (Å²) in [6.07, 6.45) is 4.13. The first-order chi connectivity index (χ1) is 14.7. The van der Waals surface area contributed by atoms with Crippen molar-refractivity contribution in [1.29, 1.82) is 0 Å². The third-order valence-electron chi connectivity index (χ3n) is 6.52. The lowest BCUT2D eigenvalue weighted by molar-refractivity contribution is -0.137. The molecular formula is C24H28N4OS. The number of likely N-dealkylation sites (tertiary alicyclic amines) is 1. The van der Waals surface area contributed by atoms with Gasteiger partial charge in [-0.2, -0.15) is 0 Å². The summed E-state index contributed by atoms with van der Waals surface area (Å²) in [5.74, 6) is 1.30. The molecule has 0 aliphatic carbocycles. The first-order valence-corrected chi connectivity index (χ1v) is 11.9. The molecule has 1 aromatic carbocycles. The number of fused-ring (bicyclic) bond motifs is 1. The summed E-state index contributed by atoms with van der Waals surface area (Å²) in [4.78, 5) is 28.0. The second-order valence-electron chi connectivity index (χ2n) is 8.65. The van der Waals surface area contributed by atoms with Gasteiger partial charge >= 0.3 is 0 Å². The van der Waals surface area contributed by atoms with Crippen molar-refractivity contribution in [3.8, 4) is 11.3 Å². The fraction of sp³-hybridized carbons (Fsp3) is 0.458. The molecule has 0 radical (unpaired) electrons. The van der Waals surface area contributed by atoms with Gasteiger partial charge in [-0.1, -0.05) is 48.6 Å². The van der Waals surface area contributed by atoms with Crippen LogP contribution in [0.4, 0.5) is 5.13 Å². The topological polar surface area (TPSA) is 49.3 Å². The molecule has 1 amide bonds. The molecule has 2 aliphatic rings. The Balaban J connectivity index is 1.25. The zero-order valence-electron chi connectivity index (χ0n) is 17.5. The van der Waals surface area contributed by atoms with E-state index in [2.05, 4.69) is 34.9 Å². The SMILES string of the molecule is CC1CCN(C(=O)C2CCN(c3nc4ccc(-c5ccccc5)nc4s3)CC2)CC1. The van der Waals surface area contributed by atoms with Crippen molar-refractivity contribution >= 4 is 32.7 Å². The predicted octanol–water partition coefficient (Wildman–Crippen LogP) is 4.83. The normalized spacial score (nSPS) is 18.8. The van der Waals surface area contributed by atoms with Crippen molar-refractivity contribution in [2.45, 2.75) is 32.6 Å². The Hall–Kier alpha value is -2.47. The lowest BCUT2D eigenvalue weighted by Crippen LogP contribution is -2.45. The van der Waals surface area contributed by atoms with Crippen LogP contribution in [-0.4, -0.2) is 47.0 Å². The molecule has 6 heteroatoms. The highest BCUT2D eigenvalue weighted by Crippen LogP contribution is 2.33. The molecule has 5 nitrogen and oxygen atoms in total. The van der Waals surface area contributed by atoms with Crippen LogP contribution in [0.3, 0.4) is 0 Å². The number of aromatic nitrogens is 2.